The van der Waals surface area contributed by atoms with E-state index >= 15 is 0 Å². The van der Waals surface area contributed by atoms with Crippen molar-refractivity contribution in [2.45, 2.75) is 38.5 Å². The molecule has 0 unspecified atom stereocenters. The molecule has 0 spiro atoms. The molecule has 0 bridgehead atoms. The molecule has 7 nitrogen and oxygen atoms in total. The van der Waals surface area contributed by atoms with E-state index in [1.54, 1.807) is 0 Å². The van der Waals surface area contributed by atoms with Crippen LogP contribution in [0.2, 0.25) is 0 Å². The molecule has 132 valence electrons. The Morgan fingerprint density at radius 1 is 1.22 bits per heavy atom. The fourth-order valence-electron chi connectivity index (χ4n) is 3.19. The van der Waals surface area contributed by atoms with Crippen LogP contribution in [0.5, 0.6) is 0 Å². The second-order valence-electron chi connectivity index (χ2n) is 6.44. The minimum atomic E-state index is -3.24. The summed E-state index contributed by atoms with van der Waals surface area (Å²) in [6.45, 7) is 2.48. The fourth-order valence-corrected chi connectivity index (χ4v) is 4.10. The van der Waals surface area contributed by atoms with Gasteiger partial charge in [0, 0.05) is 39.1 Å². The Balaban J connectivity index is 1.77. The number of nitrogens with zero attached hydrogens (tertiary/aromatic N) is 2. The van der Waals surface area contributed by atoms with Crippen molar-refractivity contribution < 1.29 is 18.0 Å². The highest BCUT2D eigenvalue weighted by atomic mass is 32.2. The maximum Gasteiger partial charge on any atom is 0.224 e. The molecule has 2 fully saturated rings. The van der Waals surface area contributed by atoms with E-state index in [9.17, 15) is 18.0 Å². The second-order valence-corrected chi connectivity index (χ2v) is 8.43. The summed E-state index contributed by atoms with van der Waals surface area (Å²) >= 11 is 0. The van der Waals surface area contributed by atoms with Crippen molar-refractivity contribution in [3.05, 3.63) is 0 Å². The van der Waals surface area contributed by atoms with Crippen molar-refractivity contribution in [3.8, 4) is 0 Å². The summed E-state index contributed by atoms with van der Waals surface area (Å²) < 4.78 is 24.6. The number of carbonyl (C=O) groups excluding carboxylic acids is 2. The summed E-state index contributed by atoms with van der Waals surface area (Å²) in [5, 5.41) is 2.86. The quantitative estimate of drug-likeness (QED) is 0.770. The highest BCUT2D eigenvalue weighted by Gasteiger charge is 2.30. The Morgan fingerprint density at radius 2 is 2.00 bits per heavy atom. The van der Waals surface area contributed by atoms with Crippen LogP contribution >= 0.6 is 0 Å². The first-order valence-electron chi connectivity index (χ1n) is 8.38. The molecule has 0 aromatic rings. The Labute approximate surface area is 138 Å². The Hall–Kier alpha value is -1.15. The topological polar surface area (TPSA) is 86.8 Å². The number of likely N-dealkylation sites (tertiary alicyclic amines) is 1. The van der Waals surface area contributed by atoms with Crippen molar-refractivity contribution in [1.29, 1.82) is 0 Å². The third-order valence-electron chi connectivity index (χ3n) is 4.58. The van der Waals surface area contributed by atoms with Gasteiger partial charge in [-0.1, -0.05) is 6.42 Å². The molecule has 0 saturated carbocycles. The van der Waals surface area contributed by atoms with Crippen LogP contribution < -0.4 is 5.32 Å². The van der Waals surface area contributed by atoms with Gasteiger partial charge in [-0.15, -0.1) is 0 Å². The van der Waals surface area contributed by atoms with Crippen LogP contribution in [-0.2, 0) is 19.6 Å². The highest BCUT2D eigenvalue weighted by molar-refractivity contribution is 7.88. The van der Waals surface area contributed by atoms with Crippen LogP contribution in [0.1, 0.15) is 38.5 Å². The first-order valence-corrected chi connectivity index (χ1v) is 10.2. The normalized spacial score (nSPS) is 24.3. The minimum Gasteiger partial charge on any atom is -0.354 e. The lowest BCUT2D eigenvalue weighted by Gasteiger charge is -2.30. The molecule has 8 heteroatoms. The lowest BCUT2D eigenvalue weighted by molar-refractivity contribution is -0.131. The molecular weight excluding hydrogens is 318 g/mol. The van der Waals surface area contributed by atoms with E-state index in [0.717, 1.165) is 25.8 Å². The van der Waals surface area contributed by atoms with Crippen LogP contribution in [0.15, 0.2) is 0 Å². The van der Waals surface area contributed by atoms with E-state index in [1.807, 2.05) is 4.90 Å². The minimum absolute atomic E-state index is 0.111. The standard InChI is InChI=1S/C15H27N3O4S/c1-23(21,22)18-10-5-6-13(12-18)15(20)16-8-11-17-9-4-2-3-7-14(17)19/h13H,2-12H2,1H3,(H,16,20)/t13-/m1/s1. The molecule has 2 aliphatic heterocycles. The zero-order valence-electron chi connectivity index (χ0n) is 13.8. The lowest BCUT2D eigenvalue weighted by atomic mass is 9.99. The van der Waals surface area contributed by atoms with E-state index in [0.29, 0.717) is 38.9 Å². The maximum absolute atomic E-state index is 12.2. The van der Waals surface area contributed by atoms with E-state index in [1.165, 1.54) is 10.6 Å². The number of piperidine rings is 1. The number of carbonyl (C=O) groups is 2. The molecule has 0 aromatic heterocycles. The highest BCUT2D eigenvalue weighted by Crippen LogP contribution is 2.18. The van der Waals surface area contributed by atoms with Crippen molar-refractivity contribution in [2.75, 3.05) is 39.0 Å². The number of sulfonamides is 1. The van der Waals surface area contributed by atoms with Crippen LogP contribution in [0.4, 0.5) is 0 Å². The van der Waals surface area contributed by atoms with Gasteiger partial charge < -0.3 is 10.2 Å². The number of amides is 2. The summed E-state index contributed by atoms with van der Waals surface area (Å²) in [7, 11) is -3.24. The summed E-state index contributed by atoms with van der Waals surface area (Å²) in [6, 6.07) is 0. The number of rotatable bonds is 5. The van der Waals surface area contributed by atoms with Gasteiger partial charge in [0.25, 0.3) is 0 Å². The van der Waals surface area contributed by atoms with Gasteiger partial charge in [-0.25, -0.2) is 12.7 Å². The van der Waals surface area contributed by atoms with Crippen molar-refractivity contribution in [3.63, 3.8) is 0 Å². The first kappa shape index (κ1) is 18.2. The van der Waals surface area contributed by atoms with Gasteiger partial charge in [0.2, 0.25) is 21.8 Å². The molecule has 0 radical (unpaired) electrons. The number of hydrogen-bond acceptors (Lipinski definition) is 4. The van der Waals surface area contributed by atoms with E-state index in [4.69, 9.17) is 0 Å². The van der Waals surface area contributed by atoms with Crippen LogP contribution in [-0.4, -0.2) is 68.4 Å². The molecule has 2 saturated heterocycles. The van der Waals surface area contributed by atoms with Crippen LogP contribution in [0.25, 0.3) is 0 Å². The van der Waals surface area contributed by atoms with E-state index in [2.05, 4.69) is 5.32 Å². The molecule has 0 aliphatic carbocycles. The van der Waals surface area contributed by atoms with Crippen molar-refractivity contribution in [2.24, 2.45) is 5.92 Å². The molecule has 1 N–H and O–H groups in total. The zero-order chi connectivity index (χ0) is 16.9. The van der Waals surface area contributed by atoms with Crippen LogP contribution in [0.3, 0.4) is 0 Å². The van der Waals surface area contributed by atoms with Gasteiger partial charge in [0.15, 0.2) is 0 Å². The number of nitrogens with one attached hydrogen (secondary N) is 1. The second kappa shape index (κ2) is 8.10. The van der Waals surface area contributed by atoms with Crippen molar-refractivity contribution >= 4 is 21.8 Å². The molecular formula is C15H27N3O4S. The average molecular weight is 345 g/mol. The third-order valence-corrected chi connectivity index (χ3v) is 5.85. The van der Waals surface area contributed by atoms with Gasteiger partial charge in [-0.2, -0.15) is 0 Å². The maximum atomic E-state index is 12.2. The fraction of sp³-hybridized carbons (Fsp3) is 0.867. The Kier molecular flexibility index (Phi) is 6.41. The molecule has 2 aliphatic rings. The Morgan fingerprint density at radius 3 is 2.74 bits per heavy atom. The summed E-state index contributed by atoms with van der Waals surface area (Å²) in [6.07, 6.45) is 6.24. The van der Waals surface area contributed by atoms with Gasteiger partial charge in [-0.3, -0.25) is 9.59 Å². The monoisotopic (exact) mass is 345 g/mol. The van der Waals surface area contributed by atoms with Gasteiger partial charge in [0.1, 0.15) is 0 Å². The summed E-state index contributed by atoms with van der Waals surface area (Å²) in [4.78, 5) is 25.9. The molecule has 1 atom stereocenters. The smallest absolute Gasteiger partial charge is 0.224 e. The van der Waals surface area contributed by atoms with Gasteiger partial charge in [-0.05, 0) is 25.7 Å². The predicted molar refractivity (Wildman–Crippen MR) is 87.2 cm³/mol. The van der Waals surface area contributed by atoms with Crippen molar-refractivity contribution in [1.82, 2.24) is 14.5 Å². The zero-order valence-corrected chi connectivity index (χ0v) is 14.6. The average Bonchev–Trinajstić information content (AvgIpc) is 2.71. The predicted octanol–water partition coefficient (Wildman–Crippen LogP) is 0.177. The molecule has 2 rings (SSSR count). The van der Waals surface area contributed by atoms with E-state index < -0.39 is 10.0 Å². The summed E-state index contributed by atoms with van der Waals surface area (Å²) in [5.41, 5.74) is 0. The first-order chi connectivity index (χ1) is 10.9. The summed E-state index contributed by atoms with van der Waals surface area (Å²) in [5.74, 6) is -0.239. The van der Waals surface area contributed by atoms with Gasteiger partial charge >= 0.3 is 0 Å². The molecule has 0 aromatic carbocycles. The molecule has 23 heavy (non-hydrogen) atoms. The molecule has 2 heterocycles. The lowest BCUT2D eigenvalue weighted by Crippen LogP contribution is -2.46. The van der Waals surface area contributed by atoms with Gasteiger partial charge in [0.05, 0.1) is 12.2 Å². The largest absolute Gasteiger partial charge is 0.354 e. The van der Waals surface area contributed by atoms with E-state index in [-0.39, 0.29) is 24.3 Å². The number of hydrogen-bond donors (Lipinski definition) is 1. The molecule has 2 amide bonds. The Bertz CT molecular complexity index is 535. The SMILES string of the molecule is CS(=O)(=O)N1CCC[C@@H](C(=O)NCCN2CCCCCC2=O)C1. The van der Waals surface area contributed by atoms with Crippen LogP contribution in [0, 0.1) is 5.92 Å². The third kappa shape index (κ3) is 5.46.